The summed E-state index contributed by atoms with van der Waals surface area (Å²) >= 11 is 7.08. The molecule has 0 aliphatic rings. The number of hydrogen-bond acceptors (Lipinski definition) is 5. The number of benzene rings is 3. The lowest BCUT2D eigenvalue weighted by molar-refractivity contribution is -0.142. The molecular weight excluding hydrogens is 552 g/mol. The predicted octanol–water partition coefficient (Wildman–Crippen LogP) is 7.43. The van der Waals surface area contributed by atoms with Crippen LogP contribution in [-0.4, -0.2) is 18.9 Å². The molecule has 0 radical (unpaired) electrons. The van der Waals surface area contributed by atoms with Gasteiger partial charge in [0.25, 0.3) is 0 Å². The van der Waals surface area contributed by atoms with E-state index in [1.807, 2.05) is 36.4 Å². The van der Waals surface area contributed by atoms with E-state index < -0.39 is 0 Å². The fraction of sp³-hybridized carbons (Fsp3) is 0.231. The molecule has 0 N–H and O–H groups in total. The highest BCUT2D eigenvalue weighted by atomic mass is 79.9. The average Bonchev–Trinajstić information content (AvgIpc) is 2.79. The number of esters is 1. The van der Waals surface area contributed by atoms with Crippen LogP contribution >= 0.6 is 31.9 Å². The van der Waals surface area contributed by atoms with Gasteiger partial charge < -0.3 is 14.2 Å². The number of ether oxygens (including phenoxy) is 3. The first kappa shape index (κ1) is 25.0. The fourth-order valence-electron chi connectivity index (χ4n) is 3.30. The summed E-state index contributed by atoms with van der Waals surface area (Å²) in [6.07, 6.45) is 0. The molecule has 0 saturated carbocycles. The number of methoxy groups -OCH3 is 1. The molecule has 3 rings (SSSR count). The molecule has 0 spiro atoms. The lowest BCUT2D eigenvalue weighted by Gasteiger charge is -2.19. The van der Waals surface area contributed by atoms with Crippen LogP contribution in [-0.2, 0) is 16.1 Å². The minimum atomic E-state index is -0.355. The maximum Gasteiger partial charge on any atom is 0.302 e. The predicted molar refractivity (Wildman–Crippen MR) is 134 cm³/mol. The zero-order valence-corrected chi connectivity index (χ0v) is 21.9. The van der Waals surface area contributed by atoms with E-state index in [4.69, 9.17) is 14.2 Å². The van der Waals surface area contributed by atoms with E-state index in [2.05, 4.69) is 45.7 Å². The van der Waals surface area contributed by atoms with Gasteiger partial charge in [-0.2, -0.15) is 0 Å². The first-order chi connectivity index (χ1) is 15.7. The molecule has 0 amide bonds. The molecule has 0 bridgehead atoms. The van der Waals surface area contributed by atoms with Gasteiger partial charge in [-0.1, -0.05) is 44.2 Å². The van der Waals surface area contributed by atoms with Gasteiger partial charge in [-0.3, -0.25) is 9.59 Å². The average molecular weight is 576 g/mol. The maximum atomic E-state index is 13.4. The van der Waals surface area contributed by atoms with Gasteiger partial charge in [0.1, 0.15) is 18.1 Å². The number of carbonyl (C=O) groups excluding carboxylic acids is 2. The van der Waals surface area contributed by atoms with Crippen molar-refractivity contribution in [1.82, 2.24) is 0 Å². The van der Waals surface area contributed by atoms with Crippen molar-refractivity contribution >= 4 is 43.6 Å². The van der Waals surface area contributed by atoms with Crippen molar-refractivity contribution in [2.75, 3.05) is 7.11 Å². The SMILES string of the molecule is COc1cc(C(=O)c2ccccc2)c(Oc2c(Br)cc(COC(C)=O)cc2Br)cc1C(C)C. The van der Waals surface area contributed by atoms with Crippen LogP contribution in [0.5, 0.6) is 17.2 Å². The Balaban J connectivity index is 2.09. The molecule has 5 nitrogen and oxygen atoms in total. The van der Waals surface area contributed by atoms with Crippen LogP contribution in [0.2, 0.25) is 0 Å². The lowest BCUT2D eigenvalue weighted by atomic mass is 9.95. The number of hydrogen-bond donors (Lipinski definition) is 0. The van der Waals surface area contributed by atoms with Crippen LogP contribution in [0, 0.1) is 0 Å². The monoisotopic (exact) mass is 574 g/mol. The van der Waals surface area contributed by atoms with Gasteiger partial charge >= 0.3 is 5.97 Å². The van der Waals surface area contributed by atoms with Crippen LogP contribution in [0.4, 0.5) is 0 Å². The Hall–Kier alpha value is -2.64. The maximum absolute atomic E-state index is 13.4. The molecule has 0 atom stereocenters. The fourth-order valence-corrected chi connectivity index (χ4v) is 4.74. The summed E-state index contributed by atoms with van der Waals surface area (Å²) in [5.74, 6) is 1.18. The molecule has 3 aromatic carbocycles. The molecule has 3 aromatic rings. The van der Waals surface area contributed by atoms with Crippen LogP contribution < -0.4 is 9.47 Å². The summed E-state index contributed by atoms with van der Waals surface area (Å²) in [5, 5.41) is 0. The molecule has 0 unspecified atom stereocenters. The van der Waals surface area contributed by atoms with Crippen LogP contribution in [0.25, 0.3) is 0 Å². The second-order valence-electron chi connectivity index (χ2n) is 7.71. The molecule has 172 valence electrons. The minimum Gasteiger partial charge on any atom is -0.496 e. The Bertz CT molecular complexity index is 1150. The highest BCUT2D eigenvalue weighted by molar-refractivity contribution is 9.11. The van der Waals surface area contributed by atoms with Gasteiger partial charge in [0, 0.05) is 18.1 Å². The summed E-state index contributed by atoms with van der Waals surface area (Å²) in [4.78, 5) is 24.5. The molecule has 33 heavy (non-hydrogen) atoms. The zero-order valence-electron chi connectivity index (χ0n) is 18.8. The Morgan fingerprint density at radius 2 is 1.58 bits per heavy atom. The van der Waals surface area contributed by atoms with Crippen LogP contribution in [0.3, 0.4) is 0 Å². The number of rotatable bonds is 8. The first-order valence-electron chi connectivity index (χ1n) is 10.3. The van der Waals surface area contributed by atoms with Crippen molar-refractivity contribution in [3.63, 3.8) is 0 Å². The van der Waals surface area contributed by atoms with Crippen molar-refractivity contribution in [2.24, 2.45) is 0 Å². The van der Waals surface area contributed by atoms with Crippen molar-refractivity contribution in [3.05, 3.63) is 85.8 Å². The minimum absolute atomic E-state index is 0.143. The first-order valence-corrected chi connectivity index (χ1v) is 11.9. The normalized spacial score (nSPS) is 10.8. The number of halogens is 2. The molecule has 0 saturated heterocycles. The van der Waals surface area contributed by atoms with Gasteiger partial charge in [0.05, 0.1) is 21.6 Å². The second-order valence-corrected chi connectivity index (χ2v) is 9.42. The quantitative estimate of drug-likeness (QED) is 0.206. The zero-order chi connectivity index (χ0) is 24.1. The van der Waals surface area contributed by atoms with E-state index in [9.17, 15) is 9.59 Å². The summed E-state index contributed by atoms with van der Waals surface area (Å²) in [5.41, 5.74) is 2.66. The summed E-state index contributed by atoms with van der Waals surface area (Å²) in [7, 11) is 1.59. The largest absolute Gasteiger partial charge is 0.496 e. The van der Waals surface area contributed by atoms with Gasteiger partial charge in [-0.05, 0) is 67.6 Å². The van der Waals surface area contributed by atoms with Gasteiger partial charge in [0.15, 0.2) is 11.5 Å². The Morgan fingerprint density at radius 1 is 0.939 bits per heavy atom. The Labute approximate surface area is 210 Å². The Morgan fingerprint density at radius 3 is 2.12 bits per heavy atom. The van der Waals surface area contributed by atoms with Gasteiger partial charge in [-0.15, -0.1) is 0 Å². The lowest BCUT2D eigenvalue weighted by Crippen LogP contribution is -2.07. The molecule has 0 aliphatic heterocycles. The third-order valence-corrected chi connectivity index (χ3v) is 6.12. The van der Waals surface area contributed by atoms with Crippen LogP contribution in [0.15, 0.2) is 63.5 Å². The number of carbonyl (C=O) groups is 2. The molecule has 0 aliphatic carbocycles. The van der Waals surface area contributed by atoms with E-state index >= 15 is 0 Å². The van der Waals surface area contributed by atoms with Crippen molar-refractivity contribution in [1.29, 1.82) is 0 Å². The summed E-state index contributed by atoms with van der Waals surface area (Å²) in [6, 6.07) is 16.3. The summed E-state index contributed by atoms with van der Waals surface area (Å²) in [6.45, 7) is 5.61. The van der Waals surface area contributed by atoms with E-state index in [1.54, 1.807) is 25.3 Å². The van der Waals surface area contributed by atoms with E-state index in [0.717, 1.165) is 11.1 Å². The summed E-state index contributed by atoms with van der Waals surface area (Å²) < 4.78 is 18.3. The topological polar surface area (TPSA) is 61.8 Å². The third-order valence-electron chi connectivity index (χ3n) is 4.95. The van der Waals surface area contributed by atoms with E-state index in [-0.39, 0.29) is 24.3 Å². The van der Waals surface area contributed by atoms with Crippen molar-refractivity contribution in [3.8, 4) is 17.2 Å². The van der Waals surface area contributed by atoms with E-state index in [0.29, 0.717) is 37.3 Å². The Kier molecular flexibility index (Phi) is 8.32. The van der Waals surface area contributed by atoms with E-state index in [1.165, 1.54) is 6.92 Å². The number of ketones is 1. The van der Waals surface area contributed by atoms with Gasteiger partial charge in [0.2, 0.25) is 0 Å². The van der Waals surface area contributed by atoms with Crippen molar-refractivity contribution in [2.45, 2.75) is 33.3 Å². The molecule has 0 fully saturated rings. The van der Waals surface area contributed by atoms with Crippen molar-refractivity contribution < 1.29 is 23.8 Å². The molecular formula is C26H24Br2O5. The van der Waals surface area contributed by atoms with Crippen LogP contribution in [0.1, 0.15) is 53.7 Å². The molecule has 7 heteroatoms. The van der Waals surface area contributed by atoms with Gasteiger partial charge in [-0.25, -0.2) is 0 Å². The smallest absolute Gasteiger partial charge is 0.302 e. The third kappa shape index (κ3) is 6.03. The molecule has 0 heterocycles. The highest BCUT2D eigenvalue weighted by Crippen LogP contribution is 2.42. The standard InChI is InChI=1S/C26H24Br2O5/c1-15(2)19-12-24(20(13-23(19)31-4)25(30)18-8-6-5-7-9-18)33-26-21(27)10-17(11-22(26)28)14-32-16(3)29/h5-13,15H,14H2,1-4H3. The highest BCUT2D eigenvalue weighted by Gasteiger charge is 2.22. The second kappa shape index (κ2) is 11.0. The molecule has 0 aromatic heterocycles.